The number of imidazole rings is 1. The van der Waals surface area contributed by atoms with Gasteiger partial charge in [-0.15, -0.1) is 0 Å². The lowest BCUT2D eigenvalue weighted by atomic mass is 9.92. The molecule has 0 unspecified atom stereocenters. The van der Waals surface area contributed by atoms with E-state index >= 15 is 0 Å². The van der Waals surface area contributed by atoms with Crippen LogP contribution in [-0.4, -0.2) is 62.8 Å². The molecule has 1 aliphatic carbocycles. The molecule has 198 valence electrons. The lowest BCUT2D eigenvalue weighted by Gasteiger charge is -2.27. The van der Waals surface area contributed by atoms with E-state index in [0.717, 1.165) is 75.4 Å². The summed E-state index contributed by atoms with van der Waals surface area (Å²) in [5, 5.41) is 7.10. The highest BCUT2D eigenvalue weighted by Gasteiger charge is 2.21. The minimum Gasteiger partial charge on any atom is -0.379 e. The Kier molecular flexibility index (Phi) is 7.48. The Morgan fingerprint density at radius 2 is 1.61 bits per heavy atom. The van der Waals surface area contributed by atoms with Crippen molar-refractivity contribution in [3.63, 3.8) is 0 Å². The van der Waals surface area contributed by atoms with Crippen LogP contribution < -0.4 is 16.4 Å². The van der Waals surface area contributed by atoms with Crippen molar-refractivity contribution < 1.29 is 4.74 Å². The average Bonchev–Trinajstić information content (AvgIpc) is 3.35. The first-order valence-corrected chi connectivity index (χ1v) is 13.6. The Morgan fingerprint density at radius 3 is 2.37 bits per heavy atom. The van der Waals surface area contributed by atoms with E-state index in [1.165, 1.54) is 11.1 Å². The van der Waals surface area contributed by atoms with E-state index in [-0.39, 0.29) is 0 Å². The molecule has 2 aliphatic rings. The van der Waals surface area contributed by atoms with Crippen molar-refractivity contribution in [2.75, 3.05) is 36.9 Å². The van der Waals surface area contributed by atoms with Crippen molar-refractivity contribution in [2.45, 2.75) is 50.9 Å². The highest BCUT2D eigenvalue weighted by atomic mass is 16.5. The van der Waals surface area contributed by atoms with Crippen molar-refractivity contribution in [1.82, 2.24) is 24.4 Å². The molecule has 0 amide bonds. The van der Waals surface area contributed by atoms with Crippen molar-refractivity contribution in [3.8, 4) is 0 Å². The van der Waals surface area contributed by atoms with Gasteiger partial charge in [-0.05, 0) is 48.9 Å². The molecule has 1 saturated carbocycles. The SMILES string of the molecule is NC1CCC(Nc2nc(Nc3ccc(CN4CCOCC4)cc3)c3ncn(Cc4ccccc4)c3n2)CC1. The lowest BCUT2D eigenvalue weighted by molar-refractivity contribution is 0.0342. The molecule has 0 atom stereocenters. The number of hydrogen-bond donors (Lipinski definition) is 3. The molecular formula is C29H36N8O. The minimum absolute atomic E-state index is 0.298. The quantitative estimate of drug-likeness (QED) is 0.324. The highest BCUT2D eigenvalue weighted by Crippen LogP contribution is 2.27. The van der Waals surface area contributed by atoms with E-state index < -0.39 is 0 Å². The normalized spacial score (nSPS) is 20.4. The van der Waals surface area contributed by atoms with Gasteiger partial charge in [0.25, 0.3) is 0 Å². The number of nitrogens with two attached hydrogens (primary N) is 1. The van der Waals surface area contributed by atoms with Crippen LogP contribution in [0.1, 0.15) is 36.8 Å². The van der Waals surface area contributed by atoms with Crippen LogP contribution in [0.15, 0.2) is 60.9 Å². The number of benzene rings is 2. The number of morpholine rings is 1. The third-order valence-corrected chi connectivity index (χ3v) is 7.49. The van der Waals surface area contributed by atoms with E-state index in [9.17, 15) is 0 Å². The van der Waals surface area contributed by atoms with Crippen molar-refractivity contribution in [1.29, 1.82) is 0 Å². The molecule has 2 aromatic heterocycles. The molecule has 6 rings (SSSR count). The van der Waals surface area contributed by atoms with Crippen molar-refractivity contribution in [3.05, 3.63) is 72.1 Å². The van der Waals surface area contributed by atoms with Crippen LogP contribution >= 0.6 is 0 Å². The summed E-state index contributed by atoms with van der Waals surface area (Å²) in [7, 11) is 0. The van der Waals surface area contributed by atoms with Gasteiger partial charge in [0.05, 0.1) is 26.1 Å². The molecule has 2 aromatic carbocycles. The molecule has 9 nitrogen and oxygen atoms in total. The summed E-state index contributed by atoms with van der Waals surface area (Å²) >= 11 is 0. The predicted octanol–water partition coefficient (Wildman–Crippen LogP) is 4.13. The maximum Gasteiger partial charge on any atom is 0.227 e. The number of fused-ring (bicyclic) bond motifs is 1. The molecule has 1 aliphatic heterocycles. The highest BCUT2D eigenvalue weighted by molar-refractivity contribution is 5.86. The summed E-state index contributed by atoms with van der Waals surface area (Å²) in [4.78, 5) is 16.9. The summed E-state index contributed by atoms with van der Waals surface area (Å²) in [5.74, 6) is 1.33. The lowest BCUT2D eigenvalue weighted by Crippen LogP contribution is -2.35. The molecule has 4 aromatic rings. The Morgan fingerprint density at radius 1 is 0.868 bits per heavy atom. The van der Waals surface area contributed by atoms with Gasteiger partial charge in [0.2, 0.25) is 5.95 Å². The number of hydrogen-bond acceptors (Lipinski definition) is 8. The van der Waals surface area contributed by atoms with E-state index in [1.807, 2.05) is 12.4 Å². The van der Waals surface area contributed by atoms with Gasteiger partial charge in [-0.1, -0.05) is 42.5 Å². The maximum atomic E-state index is 6.13. The smallest absolute Gasteiger partial charge is 0.227 e. The van der Waals surface area contributed by atoms with E-state index in [2.05, 4.69) is 68.6 Å². The molecule has 3 heterocycles. The van der Waals surface area contributed by atoms with Crippen LogP contribution in [0.4, 0.5) is 17.5 Å². The molecule has 0 radical (unpaired) electrons. The second-order valence-electron chi connectivity index (χ2n) is 10.4. The van der Waals surface area contributed by atoms with Gasteiger partial charge in [0, 0.05) is 37.4 Å². The van der Waals surface area contributed by atoms with Gasteiger partial charge in [0.15, 0.2) is 17.0 Å². The van der Waals surface area contributed by atoms with Crippen LogP contribution in [0.3, 0.4) is 0 Å². The number of nitrogens with one attached hydrogen (secondary N) is 2. The summed E-state index contributed by atoms with van der Waals surface area (Å²) in [6, 6.07) is 19.6. The van der Waals surface area contributed by atoms with Crippen molar-refractivity contribution in [2.24, 2.45) is 5.73 Å². The van der Waals surface area contributed by atoms with Gasteiger partial charge >= 0.3 is 0 Å². The van der Waals surface area contributed by atoms with E-state index in [4.69, 9.17) is 25.4 Å². The summed E-state index contributed by atoms with van der Waals surface area (Å²) in [6.45, 7) is 5.21. The zero-order valence-corrected chi connectivity index (χ0v) is 21.7. The van der Waals surface area contributed by atoms with E-state index in [1.54, 1.807) is 0 Å². The maximum absolute atomic E-state index is 6.13. The molecule has 4 N–H and O–H groups in total. The number of aromatic nitrogens is 4. The van der Waals surface area contributed by atoms with Crippen LogP contribution in [0.25, 0.3) is 11.2 Å². The Balaban J connectivity index is 1.26. The Labute approximate surface area is 223 Å². The molecule has 1 saturated heterocycles. The Bertz CT molecular complexity index is 1330. The number of ether oxygens (including phenoxy) is 1. The fraction of sp³-hybridized carbons (Fsp3) is 0.414. The number of anilines is 3. The number of nitrogens with zero attached hydrogens (tertiary/aromatic N) is 5. The predicted molar refractivity (Wildman–Crippen MR) is 151 cm³/mol. The van der Waals surface area contributed by atoms with Gasteiger partial charge in [-0.3, -0.25) is 4.90 Å². The second kappa shape index (κ2) is 11.5. The minimum atomic E-state index is 0.298. The van der Waals surface area contributed by atoms with Crippen molar-refractivity contribution >= 4 is 28.6 Å². The largest absolute Gasteiger partial charge is 0.379 e. The average molecular weight is 513 g/mol. The van der Waals surface area contributed by atoms with Gasteiger partial charge < -0.3 is 25.7 Å². The topological polar surface area (TPSA) is 106 Å². The fourth-order valence-electron chi connectivity index (χ4n) is 5.29. The number of rotatable bonds is 8. The fourth-order valence-corrected chi connectivity index (χ4v) is 5.29. The summed E-state index contributed by atoms with van der Waals surface area (Å²) in [5.41, 5.74) is 11.2. The molecular weight excluding hydrogens is 476 g/mol. The first kappa shape index (κ1) is 24.8. The molecule has 38 heavy (non-hydrogen) atoms. The van der Waals surface area contributed by atoms with Crippen LogP contribution in [0.5, 0.6) is 0 Å². The zero-order chi connectivity index (χ0) is 25.7. The summed E-state index contributed by atoms with van der Waals surface area (Å²) in [6.07, 6.45) is 5.95. The molecule has 0 bridgehead atoms. The third-order valence-electron chi connectivity index (χ3n) is 7.49. The van der Waals surface area contributed by atoms with Crippen LogP contribution in [0, 0.1) is 0 Å². The molecule has 0 spiro atoms. The summed E-state index contributed by atoms with van der Waals surface area (Å²) < 4.78 is 7.56. The monoisotopic (exact) mass is 512 g/mol. The van der Waals surface area contributed by atoms with E-state index in [0.29, 0.717) is 30.4 Å². The van der Waals surface area contributed by atoms with Gasteiger partial charge in [-0.25, -0.2) is 4.98 Å². The molecule has 9 heteroatoms. The van der Waals surface area contributed by atoms with Gasteiger partial charge in [-0.2, -0.15) is 9.97 Å². The van der Waals surface area contributed by atoms with Crippen LogP contribution in [-0.2, 0) is 17.8 Å². The first-order valence-electron chi connectivity index (χ1n) is 13.6. The third kappa shape index (κ3) is 5.96. The Hall–Kier alpha value is -3.53. The molecule has 2 fully saturated rings. The van der Waals surface area contributed by atoms with Gasteiger partial charge in [0.1, 0.15) is 0 Å². The standard InChI is InChI=1S/C29H36N8O/c30-23-8-12-25(13-9-23)33-29-34-27(26-28(35-29)37(20-31-26)19-21-4-2-1-3-5-21)32-24-10-6-22(7-11-24)18-36-14-16-38-17-15-36/h1-7,10-11,20,23,25H,8-9,12-19,30H2,(H2,32,33,34,35). The zero-order valence-electron chi connectivity index (χ0n) is 21.7. The van der Waals surface area contributed by atoms with Crippen LogP contribution in [0.2, 0.25) is 0 Å². The first-order chi connectivity index (χ1) is 18.7. The second-order valence-corrected chi connectivity index (χ2v) is 10.4.